The van der Waals surface area contributed by atoms with Gasteiger partial charge in [-0.25, -0.2) is 14.5 Å². The highest BCUT2D eigenvalue weighted by molar-refractivity contribution is 6.45. The zero-order valence-corrected chi connectivity index (χ0v) is 18.9. The molecule has 0 radical (unpaired) electrons. The number of hydrogen-bond donors (Lipinski definition) is 2. The number of nitrogens with zero attached hydrogens (tertiary/aromatic N) is 3. The van der Waals surface area contributed by atoms with Gasteiger partial charge in [0.1, 0.15) is 11.5 Å². The molecule has 0 saturated carbocycles. The maximum Gasteiger partial charge on any atom is 0.329 e. The molecule has 2 N–H and O–H groups in total. The molecule has 3 aromatic carbocycles. The van der Waals surface area contributed by atoms with Gasteiger partial charge in [0.2, 0.25) is 0 Å². The predicted molar refractivity (Wildman–Crippen MR) is 130 cm³/mol. The van der Waals surface area contributed by atoms with E-state index >= 15 is 0 Å². The fraction of sp³-hybridized carbons (Fsp3) is 0. The summed E-state index contributed by atoms with van der Waals surface area (Å²) in [6.07, 6.45) is 3.05. The van der Waals surface area contributed by atoms with Crippen molar-refractivity contribution in [1.82, 2.24) is 15.2 Å². The monoisotopic (exact) mass is 495 g/mol. The number of halogens is 3. The molecule has 0 unspecified atom stereocenters. The van der Waals surface area contributed by atoms with Gasteiger partial charge in [-0.05, 0) is 48.5 Å². The minimum absolute atomic E-state index is 0.117. The van der Waals surface area contributed by atoms with Crippen LogP contribution in [0.1, 0.15) is 5.56 Å². The van der Waals surface area contributed by atoms with Gasteiger partial charge in [0.25, 0.3) is 0 Å². The van der Waals surface area contributed by atoms with Crippen molar-refractivity contribution in [2.45, 2.75) is 0 Å². The summed E-state index contributed by atoms with van der Waals surface area (Å²) < 4.78 is 15.0. The van der Waals surface area contributed by atoms with E-state index in [0.717, 1.165) is 5.69 Å². The number of rotatable bonds is 5. The molecule has 2 amide bonds. The first-order valence-corrected chi connectivity index (χ1v) is 10.7. The molecule has 1 aromatic heterocycles. The van der Waals surface area contributed by atoms with Crippen LogP contribution in [0.4, 0.5) is 10.1 Å². The fourth-order valence-corrected chi connectivity index (χ4v) is 3.37. The third-order valence-corrected chi connectivity index (χ3v) is 5.48. The van der Waals surface area contributed by atoms with E-state index in [2.05, 4.69) is 20.9 Å². The number of carbonyl (C=O) groups excluding carboxylic acids is 2. The smallest absolute Gasteiger partial charge is 0.316 e. The van der Waals surface area contributed by atoms with Crippen LogP contribution in [0.15, 0.2) is 84.1 Å². The van der Waals surface area contributed by atoms with Crippen LogP contribution in [0.3, 0.4) is 0 Å². The fourth-order valence-electron chi connectivity index (χ4n) is 3.02. The lowest BCUT2D eigenvalue weighted by Gasteiger charge is -2.06. The number of carbonyl (C=O) groups is 2. The quantitative estimate of drug-likeness (QED) is 0.230. The Kier molecular flexibility index (Phi) is 7.01. The zero-order chi connectivity index (χ0) is 24.1. The van der Waals surface area contributed by atoms with Crippen molar-refractivity contribution in [1.29, 1.82) is 0 Å². The molecule has 1 heterocycles. The Labute approximate surface area is 203 Å². The Morgan fingerprint density at radius 3 is 2.41 bits per heavy atom. The van der Waals surface area contributed by atoms with Crippen LogP contribution in [-0.4, -0.2) is 27.8 Å². The maximum atomic E-state index is 13.4. The van der Waals surface area contributed by atoms with Gasteiger partial charge in [-0.2, -0.15) is 10.2 Å². The second kappa shape index (κ2) is 10.3. The molecule has 7 nitrogen and oxygen atoms in total. The molecule has 0 fully saturated rings. The zero-order valence-electron chi connectivity index (χ0n) is 17.4. The van der Waals surface area contributed by atoms with E-state index in [1.165, 1.54) is 24.4 Å². The Balaban J connectivity index is 1.54. The topological polar surface area (TPSA) is 88.4 Å². The van der Waals surface area contributed by atoms with Crippen LogP contribution in [0.5, 0.6) is 0 Å². The first-order chi connectivity index (χ1) is 16.4. The molecule has 0 spiro atoms. The largest absolute Gasteiger partial charge is 0.329 e. The predicted octanol–water partition coefficient (Wildman–Crippen LogP) is 5.07. The molecule has 4 rings (SSSR count). The summed E-state index contributed by atoms with van der Waals surface area (Å²) in [4.78, 5) is 24.4. The molecule has 0 aliphatic carbocycles. The van der Waals surface area contributed by atoms with E-state index in [9.17, 15) is 14.0 Å². The van der Waals surface area contributed by atoms with Gasteiger partial charge in [-0.3, -0.25) is 9.59 Å². The second-order valence-electron chi connectivity index (χ2n) is 6.97. The van der Waals surface area contributed by atoms with Crippen molar-refractivity contribution >= 4 is 46.9 Å². The van der Waals surface area contributed by atoms with Gasteiger partial charge >= 0.3 is 11.8 Å². The van der Waals surface area contributed by atoms with Crippen molar-refractivity contribution in [2.75, 3.05) is 5.32 Å². The lowest BCUT2D eigenvalue weighted by Crippen LogP contribution is -2.32. The SMILES string of the molecule is O=C(N/N=C\c1cn(-c2ccccc2)nc1-c1ccc(F)cc1)C(=O)Nc1cccc(Cl)c1Cl. The molecular formula is C24H16Cl2FN5O2. The van der Waals surface area contributed by atoms with Crippen LogP contribution in [0.2, 0.25) is 10.0 Å². The van der Waals surface area contributed by atoms with Gasteiger partial charge < -0.3 is 5.32 Å². The molecule has 34 heavy (non-hydrogen) atoms. The van der Waals surface area contributed by atoms with Crippen LogP contribution >= 0.6 is 23.2 Å². The molecular weight excluding hydrogens is 480 g/mol. The van der Waals surface area contributed by atoms with E-state index in [-0.39, 0.29) is 21.5 Å². The number of aromatic nitrogens is 2. The molecule has 0 atom stereocenters. The standard InChI is InChI=1S/C24H16Cl2FN5O2/c25-19-7-4-8-20(21(19)26)29-23(33)24(34)30-28-13-16-14-32(18-5-2-1-3-6-18)31-22(16)15-9-11-17(27)12-10-15/h1-14H,(H,29,33)(H,30,34)/b28-13-. The number of para-hydroxylation sites is 1. The van der Waals surface area contributed by atoms with Gasteiger partial charge in [0, 0.05) is 17.3 Å². The molecule has 170 valence electrons. The third kappa shape index (κ3) is 5.31. The minimum Gasteiger partial charge on any atom is -0.316 e. The lowest BCUT2D eigenvalue weighted by molar-refractivity contribution is -0.136. The Morgan fingerprint density at radius 2 is 1.68 bits per heavy atom. The highest BCUT2D eigenvalue weighted by Crippen LogP contribution is 2.29. The van der Waals surface area contributed by atoms with Crippen molar-refractivity contribution < 1.29 is 14.0 Å². The number of anilines is 1. The third-order valence-electron chi connectivity index (χ3n) is 4.66. The summed E-state index contributed by atoms with van der Waals surface area (Å²) in [6.45, 7) is 0. The number of hydrogen-bond acceptors (Lipinski definition) is 4. The summed E-state index contributed by atoms with van der Waals surface area (Å²) in [6, 6.07) is 19.8. The highest BCUT2D eigenvalue weighted by atomic mass is 35.5. The highest BCUT2D eigenvalue weighted by Gasteiger charge is 2.16. The van der Waals surface area contributed by atoms with E-state index in [1.807, 2.05) is 30.3 Å². The van der Waals surface area contributed by atoms with Crippen LogP contribution in [0.25, 0.3) is 16.9 Å². The first-order valence-electron chi connectivity index (χ1n) is 9.92. The van der Waals surface area contributed by atoms with E-state index in [0.29, 0.717) is 16.8 Å². The van der Waals surface area contributed by atoms with Gasteiger partial charge in [-0.15, -0.1) is 0 Å². The van der Waals surface area contributed by atoms with Gasteiger partial charge in [0.15, 0.2) is 0 Å². The maximum absolute atomic E-state index is 13.4. The van der Waals surface area contributed by atoms with Crippen molar-refractivity contribution in [2.24, 2.45) is 5.10 Å². The van der Waals surface area contributed by atoms with Crippen LogP contribution in [-0.2, 0) is 9.59 Å². The lowest BCUT2D eigenvalue weighted by atomic mass is 10.1. The molecule has 0 bridgehead atoms. The average Bonchev–Trinajstić information content (AvgIpc) is 3.27. The van der Waals surface area contributed by atoms with E-state index in [1.54, 1.807) is 35.1 Å². The summed E-state index contributed by atoms with van der Waals surface area (Å²) >= 11 is 11.9. The molecule has 0 aliphatic heterocycles. The van der Waals surface area contributed by atoms with Gasteiger partial charge in [0.05, 0.1) is 27.6 Å². The Morgan fingerprint density at radius 1 is 0.941 bits per heavy atom. The normalized spacial score (nSPS) is 10.9. The molecule has 0 aliphatic rings. The van der Waals surface area contributed by atoms with E-state index < -0.39 is 11.8 Å². The minimum atomic E-state index is -1.01. The number of benzene rings is 3. The molecule has 4 aromatic rings. The second-order valence-corrected chi connectivity index (χ2v) is 7.76. The van der Waals surface area contributed by atoms with Crippen molar-refractivity contribution in [3.8, 4) is 16.9 Å². The van der Waals surface area contributed by atoms with Gasteiger partial charge in [-0.1, -0.05) is 47.5 Å². The van der Waals surface area contributed by atoms with E-state index in [4.69, 9.17) is 23.2 Å². The Hall–Kier alpha value is -4.01. The summed E-state index contributed by atoms with van der Waals surface area (Å²) in [5, 5.41) is 11.2. The molecule has 0 saturated heterocycles. The van der Waals surface area contributed by atoms with Crippen molar-refractivity contribution in [3.63, 3.8) is 0 Å². The molecule has 10 heteroatoms. The van der Waals surface area contributed by atoms with Crippen LogP contribution in [0, 0.1) is 5.82 Å². The summed E-state index contributed by atoms with van der Waals surface area (Å²) in [5.74, 6) is -2.36. The number of amides is 2. The summed E-state index contributed by atoms with van der Waals surface area (Å²) in [5.41, 5.74) is 4.86. The first kappa shape index (κ1) is 23.2. The van der Waals surface area contributed by atoms with Crippen molar-refractivity contribution in [3.05, 3.63) is 100 Å². The summed E-state index contributed by atoms with van der Waals surface area (Å²) in [7, 11) is 0. The number of nitrogens with one attached hydrogen (secondary N) is 2. The average molecular weight is 496 g/mol. The Bertz CT molecular complexity index is 1370. The number of hydrazone groups is 1. The van der Waals surface area contributed by atoms with Crippen LogP contribution < -0.4 is 10.7 Å².